The van der Waals surface area contributed by atoms with E-state index < -0.39 is 15.9 Å². The molecule has 1 aromatic carbocycles. The molecule has 0 saturated carbocycles. The van der Waals surface area contributed by atoms with Crippen LogP contribution in [0.1, 0.15) is 5.56 Å². The molecule has 0 saturated heterocycles. The fourth-order valence-electron chi connectivity index (χ4n) is 1.19. The van der Waals surface area contributed by atoms with Crippen molar-refractivity contribution in [2.24, 2.45) is 0 Å². The molecule has 0 aliphatic heterocycles. The molecule has 1 rings (SSSR count). The first-order valence-corrected chi connectivity index (χ1v) is 6.64. The van der Waals surface area contributed by atoms with Gasteiger partial charge in [-0.2, -0.15) is 0 Å². The highest BCUT2D eigenvalue weighted by atomic mass is 32.2. The van der Waals surface area contributed by atoms with Crippen LogP contribution in [-0.2, 0) is 14.8 Å². The molecule has 0 fully saturated rings. The molecule has 92 valence electrons. The molecule has 0 bridgehead atoms. The van der Waals surface area contributed by atoms with Gasteiger partial charge in [-0.3, -0.25) is 4.79 Å². The molecule has 0 aliphatic rings. The van der Waals surface area contributed by atoms with Crippen LogP contribution in [0.3, 0.4) is 0 Å². The molecule has 1 N–H and O–H groups in total. The third-order valence-electron chi connectivity index (χ3n) is 1.84. The molecule has 17 heavy (non-hydrogen) atoms. The molecule has 0 radical (unpaired) electrons. The van der Waals surface area contributed by atoms with Gasteiger partial charge < -0.3 is 4.74 Å². The summed E-state index contributed by atoms with van der Waals surface area (Å²) in [6.07, 6.45) is 3.54. The summed E-state index contributed by atoms with van der Waals surface area (Å²) >= 11 is 0. The van der Waals surface area contributed by atoms with Gasteiger partial charge in [-0.1, -0.05) is 18.2 Å². The van der Waals surface area contributed by atoms with Crippen LogP contribution in [0, 0.1) is 0 Å². The van der Waals surface area contributed by atoms with Crippen LogP contribution in [-0.4, -0.2) is 27.7 Å². The molecule has 0 unspecified atom stereocenters. The van der Waals surface area contributed by atoms with Crippen molar-refractivity contribution in [3.8, 4) is 5.75 Å². The van der Waals surface area contributed by atoms with Gasteiger partial charge in [0, 0.05) is 11.6 Å². The van der Waals surface area contributed by atoms with Gasteiger partial charge in [0.2, 0.25) is 10.0 Å². The molecular formula is C11H13NO4S. The SMILES string of the molecule is COc1ccccc1C=CC(=O)NS(C)(=O)=O. The number of amides is 1. The molecule has 0 spiro atoms. The maximum Gasteiger partial charge on any atom is 0.257 e. The zero-order valence-corrected chi connectivity index (χ0v) is 10.3. The Hall–Kier alpha value is -1.82. The van der Waals surface area contributed by atoms with Gasteiger partial charge in [0.25, 0.3) is 5.91 Å². The highest BCUT2D eigenvalue weighted by Gasteiger charge is 2.04. The van der Waals surface area contributed by atoms with Crippen LogP contribution in [0.25, 0.3) is 6.08 Å². The Labute approximate surface area is 100 Å². The molecular weight excluding hydrogens is 242 g/mol. The van der Waals surface area contributed by atoms with E-state index in [0.717, 1.165) is 12.3 Å². The van der Waals surface area contributed by atoms with E-state index in [1.807, 2.05) is 4.72 Å². The minimum Gasteiger partial charge on any atom is -0.496 e. The number of benzene rings is 1. The number of ether oxygens (including phenoxy) is 1. The van der Waals surface area contributed by atoms with E-state index in [1.165, 1.54) is 13.2 Å². The number of carbonyl (C=O) groups excluding carboxylic acids is 1. The van der Waals surface area contributed by atoms with Crippen molar-refractivity contribution in [3.63, 3.8) is 0 Å². The standard InChI is InChI=1S/C11H13NO4S/c1-16-10-6-4-3-5-9(10)7-8-11(13)12-17(2,14)15/h3-8H,1-2H3,(H,12,13). The van der Waals surface area contributed by atoms with E-state index in [2.05, 4.69) is 0 Å². The summed E-state index contributed by atoms with van der Waals surface area (Å²) in [7, 11) is -2.01. The van der Waals surface area contributed by atoms with Crippen molar-refractivity contribution in [3.05, 3.63) is 35.9 Å². The number of hydrogen-bond acceptors (Lipinski definition) is 4. The van der Waals surface area contributed by atoms with Gasteiger partial charge in [-0.15, -0.1) is 0 Å². The first kappa shape index (κ1) is 13.2. The lowest BCUT2D eigenvalue weighted by atomic mass is 10.2. The molecule has 0 aromatic heterocycles. The first-order valence-electron chi connectivity index (χ1n) is 4.75. The Morgan fingerprint density at radius 3 is 2.59 bits per heavy atom. The smallest absolute Gasteiger partial charge is 0.257 e. The van der Waals surface area contributed by atoms with Gasteiger partial charge in [0.15, 0.2) is 0 Å². The Bertz CT molecular complexity index is 534. The van der Waals surface area contributed by atoms with Gasteiger partial charge in [-0.05, 0) is 12.1 Å². The Kier molecular flexibility index (Phi) is 4.28. The predicted octanol–water partition coefficient (Wildman–Crippen LogP) is 0.784. The number of methoxy groups -OCH3 is 1. The zero-order chi connectivity index (χ0) is 12.9. The second-order valence-corrected chi connectivity index (χ2v) is 5.06. The van der Waals surface area contributed by atoms with Crippen molar-refractivity contribution < 1.29 is 17.9 Å². The summed E-state index contributed by atoms with van der Waals surface area (Å²) in [5, 5.41) is 0. The van der Waals surface area contributed by atoms with Gasteiger partial charge >= 0.3 is 0 Å². The molecule has 0 heterocycles. The van der Waals surface area contributed by atoms with E-state index >= 15 is 0 Å². The van der Waals surface area contributed by atoms with Gasteiger partial charge in [0.05, 0.1) is 13.4 Å². The Balaban J connectivity index is 2.80. The van der Waals surface area contributed by atoms with E-state index in [0.29, 0.717) is 11.3 Å². The average Bonchev–Trinajstić information content (AvgIpc) is 2.24. The first-order chi connectivity index (χ1) is 7.92. The molecule has 1 aromatic rings. The summed E-state index contributed by atoms with van der Waals surface area (Å²) in [4.78, 5) is 11.2. The second-order valence-electron chi connectivity index (χ2n) is 3.31. The van der Waals surface area contributed by atoms with Crippen molar-refractivity contribution in [2.75, 3.05) is 13.4 Å². The van der Waals surface area contributed by atoms with Crippen LogP contribution >= 0.6 is 0 Å². The van der Waals surface area contributed by atoms with Crippen LogP contribution in [0.15, 0.2) is 30.3 Å². The Morgan fingerprint density at radius 1 is 1.35 bits per heavy atom. The lowest BCUT2D eigenvalue weighted by molar-refractivity contribution is -0.114. The largest absolute Gasteiger partial charge is 0.496 e. The van der Waals surface area contributed by atoms with Crippen molar-refractivity contribution in [2.45, 2.75) is 0 Å². The van der Waals surface area contributed by atoms with E-state index in [4.69, 9.17) is 4.74 Å². The lowest BCUT2D eigenvalue weighted by Crippen LogP contribution is -2.27. The Morgan fingerprint density at radius 2 is 2.00 bits per heavy atom. The highest BCUT2D eigenvalue weighted by molar-refractivity contribution is 7.89. The molecule has 5 nitrogen and oxygen atoms in total. The highest BCUT2D eigenvalue weighted by Crippen LogP contribution is 2.18. The van der Waals surface area contributed by atoms with Crippen molar-refractivity contribution in [1.82, 2.24) is 4.72 Å². The average molecular weight is 255 g/mol. The maximum atomic E-state index is 11.2. The van der Waals surface area contributed by atoms with Gasteiger partial charge in [-0.25, -0.2) is 13.1 Å². The van der Waals surface area contributed by atoms with Crippen LogP contribution in [0.5, 0.6) is 5.75 Å². The number of hydrogen-bond donors (Lipinski definition) is 1. The molecule has 0 aliphatic carbocycles. The normalized spacial score (nSPS) is 11.4. The van der Waals surface area contributed by atoms with E-state index in [1.54, 1.807) is 24.3 Å². The van der Waals surface area contributed by atoms with E-state index in [9.17, 15) is 13.2 Å². The van der Waals surface area contributed by atoms with E-state index in [-0.39, 0.29) is 0 Å². The topological polar surface area (TPSA) is 72.5 Å². The number of sulfonamides is 1. The summed E-state index contributed by atoms with van der Waals surface area (Å²) < 4.78 is 28.5. The number of para-hydroxylation sites is 1. The molecule has 1 amide bonds. The monoisotopic (exact) mass is 255 g/mol. The fraction of sp³-hybridized carbons (Fsp3) is 0.182. The molecule has 0 atom stereocenters. The minimum absolute atomic E-state index is 0.607. The van der Waals surface area contributed by atoms with Crippen LogP contribution < -0.4 is 9.46 Å². The lowest BCUT2D eigenvalue weighted by Gasteiger charge is -2.03. The number of nitrogens with one attached hydrogen (secondary N) is 1. The minimum atomic E-state index is -3.53. The summed E-state index contributed by atoms with van der Waals surface area (Å²) in [6.45, 7) is 0. The summed E-state index contributed by atoms with van der Waals surface area (Å²) in [5.41, 5.74) is 0.693. The van der Waals surface area contributed by atoms with Crippen LogP contribution in [0.2, 0.25) is 0 Å². The second kappa shape index (κ2) is 5.49. The van der Waals surface area contributed by atoms with Crippen molar-refractivity contribution >= 4 is 22.0 Å². The summed E-state index contributed by atoms with van der Waals surface area (Å²) in [6, 6.07) is 7.08. The van der Waals surface area contributed by atoms with Crippen molar-refractivity contribution in [1.29, 1.82) is 0 Å². The number of carbonyl (C=O) groups is 1. The zero-order valence-electron chi connectivity index (χ0n) is 9.51. The molecule has 6 heteroatoms. The predicted molar refractivity (Wildman–Crippen MR) is 65.0 cm³/mol. The van der Waals surface area contributed by atoms with Gasteiger partial charge in [0.1, 0.15) is 5.75 Å². The third-order valence-corrected chi connectivity index (χ3v) is 2.41. The summed E-state index contributed by atoms with van der Waals surface area (Å²) in [5.74, 6) is -0.0886. The number of rotatable bonds is 4. The maximum absolute atomic E-state index is 11.2. The van der Waals surface area contributed by atoms with Crippen LogP contribution in [0.4, 0.5) is 0 Å². The fourth-order valence-corrected chi connectivity index (χ4v) is 1.62. The quantitative estimate of drug-likeness (QED) is 0.807. The third kappa shape index (κ3) is 4.69.